The van der Waals surface area contributed by atoms with Gasteiger partial charge >= 0.3 is 0 Å². The van der Waals surface area contributed by atoms with Gasteiger partial charge in [-0.3, -0.25) is 4.79 Å². The molecule has 23 heavy (non-hydrogen) atoms. The van der Waals surface area contributed by atoms with E-state index in [0.717, 1.165) is 6.42 Å². The number of rotatable bonds is 5. The van der Waals surface area contributed by atoms with Gasteiger partial charge in [0, 0.05) is 12.0 Å². The summed E-state index contributed by atoms with van der Waals surface area (Å²) in [4.78, 5) is 12.2. The smallest absolute Gasteiger partial charge is 0.223 e. The van der Waals surface area contributed by atoms with E-state index in [1.54, 1.807) is 37.3 Å². The van der Waals surface area contributed by atoms with Gasteiger partial charge in [0.1, 0.15) is 5.82 Å². The second-order valence-electron chi connectivity index (χ2n) is 6.35. The zero-order chi connectivity index (χ0) is 16.4. The van der Waals surface area contributed by atoms with Crippen LogP contribution in [0.1, 0.15) is 36.8 Å². The van der Waals surface area contributed by atoms with Gasteiger partial charge in [-0.25, -0.2) is 4.39 Å². The summed E-state index contributed by atoms with van der Waals surface area (Å²) in [6.07, 6.45) is 0.720. The fourth-order valence-corrected chi connectivity index (χ4v) is 2.94. The zero-order valence-electron chi connectivity index (χ0n) is 13.0. The van der Waals surface area contributed by atoms with Gasteiger partial charge in [-0.1, -0.05) is 48.5 Å². The van der Waals surface area contributed by atoms with Gasteiger partial charge in [0.15, 0.2) is 0 Å². The summed E-state index contributed by atoms with van der Waals surface area (Å²) in [6, 6.07) is 15.7. The quantitative estimate of drug-likeness (QED) is 0.891. The average molecular weight is 313 g/mol. The van der Waals surface area contributed by atoms with E-state index in [4.69, 9.17) is 0 Å². The Morgan fingerprint density at radius 1 is 1.22 bits per heavy atom. The van der Waals surface area contributed by atoms with Gasteiger partial charge in [0.05, 0.1) is 12.0 Å². The topological polar surface area (TPSA) is 49.3 Å². The van der Waals surface area contributed by atoms with Crippen LogP contribution in [0.15, 0.2) is 54.6 Å². The summed E-state index contributed by atoms with van der Waals surface area (Å²) in [5.74, 6) is -0.421. The number of halogens is 1. The molecule has 0 aromatic heterocycles. The van der Waals surface area contributed by atoms with Crippen LogP contribution in [0.25, 0.3) is 0 Å². The van der Waals surface area contributed by atoms with Gasteiger partial charge in [0.2, 0.25) is 5.91 Å². The van der Waals surface area contributed by atoms with Crippen molar-refractivity contribution >= 4 is 5.91 Å². The van der Waals surface area contributed by atoms with Crippen LogP contribution < -0.4 is 5.32 Å². The van der Waals surface area contributed by atoms with Crippen molar-refractivity contribution in [2.45, 2.75) is 37.3 Å². The third kappa shape index (κ3) is 3.59. The van der Waals surface area contributed by atoms with Crippen molar-refractivity contribution < 1.29 is 14.3 Å². The Morgan fingerprint density at radius 2 is 1.87 bits per heavy atom. The molecule has 1 aliphatic carbocycles. The molecule has 2 N–H and O–H groups in total. The molecule has 3 rings (SSSR count). The molecule has 2 aromatic carbocycles. The van der Waals surface area contributed by atoms with E-state index in [2.05, 4.69) is 5.32 Å². The van der Waals surface area contributed by atoms with Crippen molar-refractivity contribution in [3.8, 4) is 0 Å². The summed E-state index contributed by atoms with van der Waals surface area (Å²) in [5, 5.41) is 13.4. The van der Waals surface area contributed by atoms with Crippen LogP contribution in [0.5, 0.6) is 0 Å². The van der Waals surface area contributed by atoms with E-state index in [0.29, 0.717) is 11.1 Å². The molecule has 3 atom stereocenters. The molecule has 3 nitrogen and oxygen atoms in total. The Kier molecular flexibility index (Phi) is 4.18. The second-order valence-corrected chi connectivity index (χ2v) is 6.35. The Balaban J connectivity index is 1.58. The number of hydrogen-bond acceptors (Lipinski definition) is 2. The molecule has 2 aromatic rings. The molecule has 1 aliphatic rings. The summed E-state index contributed by atoms with van der Waals surface area (Å²) < 4.78 is 13.7. The normalized spacial score (nSPS) is 22.2. The highest BCUT2D eigenvalue weighted by Crippen LogP contribution is 2.42. The predicted octanol–water partition coefficient (Wildman–Crippen LogP) is 3.10. The number of amides is 1. The molecule has 1 saturated carbocycles. The van der Waals surface area contributed by atoms with Gasteiger partial charge < -0.3 is 10.4 Å². The predicted molar refractivity (Wildman–Crippen MR) is 86.3 cm³/mol. The molecule has 0 radical (unpaired) electrons. The van der Waals surface area contributed by atoms with E-state index in [1.807, 2.05) is 18.2 Å². The van der Waals surface area contributed by atoms with Crippen LogP contribution in [-0.4, -0.2) is 17.1 Å². The monoisotopic (exact) mass is 313 g/mol. The molecule has 1 fully saturated rings. The second kappa shape index (κ2) is 6.13. The molecule has 3 unspecified atom stereocenters. The molecular formula is C19H20FNO2. The number of nitrogens with one attached hydrogen (secondary N) is 1. The largest absolute Gasteiger partial charge is 0.385 e. The number of benzene rings is 2. The lowest BCUT2D eigenvalue weighted by Gasteiger charge is -2.23. The third-order valence-corrected chi connectivity index (χ3v) is 4.34. The Labute approximate surface area is 135 Å². The Morgan fingerprint density at radius 3 is 2.57 bits per heavy atom. The van der Waals surface area contributed by atoms with E-state index in [9.17, 15) is 14.3 Å². The van der Waals surface area contributed by atoms with Crippen molar-refractivity contribution in [3.05, 3.63) is 71.5 Å². The van der Waals surface area contributed by atoms with Crippen molar-refractivity contribution in [2.75, 3.05) is 0 Å². The number of aliphatic hydroxyl groups is 1. The lowest BCUT2D eigenvalue weighted by molar-refractivity contribution is -0.126. The molecule has 1 amide bonds. The van der Waals surface area contributed by atoms with Crippen molar-refractivity contribution in [3.63, 3.8) is 0 Å². The zero-order valence-corrected chi connectivity index (χ0v) is 13.0. The van der Waals surface area contributed by atoms with Crippen LogP contribution in [-0.2, 0) is 10.4 Å². The standard InChI is InChI=1S/C19H20FNO2/c1-19(23,13-7-3-2-4-8-13)12-18(22)21-17-11-15(17)14-9-5-6-10-16(14)20/h2-10,15,17,23H,11-12H2,1H3,(H,21,22). The first-order chi connectivity index (χ1) is 11.0. The van der Waals surface area contributed by atoms with Crippen LogP contribution >= 0.6 is 0 Å². The number of carbonyl (C=O) groups is 1. The minimum absolute atomic E-state index is 0.0164. The highest BCUT2D eigenvalue weighted by molar-refractivity contribution is 5.78. The lowest BCUT2D eigenvalue weighted by atomic mass is 9.92. The SMILES string of the molecule is CC(O)(CC(=O)NC1CC1c1ccccc1F)c1ccccc1. The van der Waals surface area contributed by atoms with Crippen LogP contribution in [0, 0.1) is 5.82 Å². The minimum Gasteiger partial charge on any atom is -0.385 e. The van der Waals surface area contributed by atoms with Crippen LogP contribution in [0.4, 0.5) is 4.39 Å². The molecule has 0 saturated heterocycles. The first-order valence-corrected chi connectivity index (χ1v) is 7.79. The van der Waals surface area contributed by atoms with Gasteiger partial charge in [0.25, 0.3) is 0 Å². The highest BCUT2D eigenvalue weighted by atomic mass is 19.1. The van der Waals surface area contributed by atoms with Crippen molar-refractivity contribution in [2.24, 2.45) is 0 Å². The Bertz CT molecular complexity index is 700. The minimum atomic E-state index is -1.21. The maximum atomic E-state index is 13.7. The average Bonchev–Trinajstić information content (AvgIpc) is 3.26. The molecule has 4 heteroatoms. The molecule has 120 valence electrons. The molecule has 0 heterocycles. The first-order valence-electron chi connectivity index (χ1n) is 7.79. The molecule has 0 aliphatic heterocycles. The fraction of sp³-hybridized carbons (Fsp3) is 0.316. The van der Waals surface area contributed by atoms with Crippen LogP contribution in [0.3, 0.4) is 0 Å². The summed E-state index contributed by atoms with van der Waals surface area (Å²) >= 11 is 0. The first kappa shape index (κ1) is 15.7. The molecular weight excluding hydrogens is 293 g/mol. The van der Waals surface area contributed by atoms with Gasteiger partial charge in [-0.2, -0.15) is 0 Å². The molecule has 0 bridgehead atoms. The van der Waals surface area contributed by atoms with Gasteiger partial charge in [-0.15, -0.1) is 0 Å². The van der Waals surface area contributed by atoms with Crippen LogP contribution in [0.2, 0.25) is 0 Å². The highest BCUT2D eigenvalue weighted by Gasteiger charge is 2.41. The summed E-state index contributed by atoms with van der Waals surface area (Å²) in [5.41, 5.74) is 0.137. The van der Waals surface area contributed by atoms with E-state index in [-0.39, 0.29) is 30.1 Å². The van der Waals surface area contributed by atoms with Crippen molar-refractivity contribution in [1.29, 1.82) is 0 Å². The maximum absolute atomic E-state index is 13.7. The van der Waals surface area contributed by atoms with Crippen molar-refractivity contribution in [1.82, 2.24) is 5.32 Å². The van der Waals surface area contributed by atoms with E-state index in [1.165, 1.54) is 6.07 Å². The number of carbonyl (C=O) groups excluding carboxylic acids is 1. The summed E-state index contributed by atoms with van der Waals surface area (Å²) in [6.45, 7) is 1.63. The van der Waals surface area contributed by atoms with E-state index < -0.39 is 5.60 Å². The fourth-order valence-electron chi connectivity index (χ4n) is 2.94. The Hall–Kier alpha value is -2.20. The number of hydrogen-bond donors (Lipinski definition) is 2. The third-order valence-electron chi connectivity index (χ3n) is 4.34. The summed E-state index contributed by atoms with van der Waals surface area (Å²) in [7, 11) is 0. The van der Waals surface area contributed by atoms with Gasteiger partial charge in [-0.05, 0) is 30.5 Å². The maximum Gasteiger partial charge on any atom is 0.223 e. The molecule has 0 spiro atoms. The lowest BCUT2D eigenvalue weighted by Crippen LogP contribution is -2.34. The van der Waals surface area contributed by atoms with E-state index >= 15 is 0 Å².